The van der Waals surface area contributed by atoms with Crippen molar-refractivity contribution in [2.75, 3.05) is 0 Å². The minimum atomic E-state index is -0.568. The molecule has 0 aromatic carbocycles. The third-order valence-corrected chi connectivity index (χ3v) is 4.69. The minimum absolute atomic E-state index is 0.00579. The Labute approximate surface area is 136 Å². The number of carbonyl (C=O) groups is 4. The number of esters is 2. The molecule has 2 saturated heterocycles. The van der Waals surface area contributed by atoms with Crippen LogP contribution in [0.3, 0.4) is 0 Å². The van der Waals surface area contributed by atoms with E-state index in [-0.39, 0.29) is 47.5 Å². The van der Waals surface area contributed by atoms with E-state index in [0.717, 1.165) is 0 Å². The molecule has 0 N–H and O–H groups in total. The molecule has 130 valence electrons. The van der Waals surface area contributed by atoms with Gasteiger partial charge in [-0.05, 0) is 27.2 Å². The maximum absolute atomic E-state index is 11.4. The van der Waals surface area contributed by atoms with Crippen LogP contribution in [0.5, 0.6) is 0 Å². The third kappa shape index (κ3) is 4.18. The second-order valence-corrected chi connectivity index (χ2v) is 6.35. The van der Waals surface area contributed by atoms with E-state index < -0.39 is 11.8 Å². The Morgan fingerprint density at radius 2 is 1.17 bits per heavy atom. The molecule has 2 fully saturated rings. The van der Waals surface area contributed by atoms with E-state index in [1.54, 1.807) is 27.7 Å². The molecule has 6 atom stereocenters. The lowest BCUT2D eigenvalue weighted by molar-refractivity contribution is -0.170. The van der Waals surface area contributed by atoms with Crippen LogP contribution in [0.4, 0.5) is 0 Å². The van der Waals surface area contributed by atoms with Crippen molar-refractivity contribution in [1.82, 2.24) is 0 Å². The van der Waals surface area contributed by atoms with E-state index in [1.807, 2.05) is 13.8 Å². The van der Waals surface area contributed by atoms with E-state index in [1.165, 1.54) is 0 Å². The van der Waals surface area contributed by atoms with Gasteiger partial charge >= 0.3 is 11.9 Å². The van der Waals surface area contributed by atoms with Crippen LogP contribution >= 0.6 is 0 Å². The number of cyclic esters (lactones) is 2. The fraction of sp³-hybridized carbons (Fsp3) is 0.765. The molecule has 0 bridgehead atoms. The smallest absolute Gasteiger partial charge is 0.316 e. The molecule has 0 aromatic heterocycles. The molecular formula is C17H26O6. The summed E-state index contributed by atoms with van der Waals surface area (Å²) in [5, 5.41) is 0. The van der Waals surface area contributed by atoms with Crippen LogP contribution in [0.1, 0.15) is 48.0 Å². The molecule has 2 aliphatic rings. The van der Waals surface area contributed by atoms with Crippen molar-refractivity contribution in [3.63, 3.8) is 0 Å². The highest BCUT2D eigenvalue weighted by Crippen LogP contribution is 2.24. The van der Waals surface area contributed by atoms with Gasteiger partial charge in [0.05, 0.1) is 11.8 Å². The van der Waals surface area contributed by atoms with Crippen LogP contribution in [0.15, 0.2) is 0 Å². The molecule has 0 saturated carbocycles. The Morgan fingerprint density at radius 3 is 1.65 bits per heavy atom. The van der Waals surface area contributed by atoms with Gasteiger partial charge in [-0.1, -0.05) is 20.8 Å². The quantitative estimate of drug-likeness (QED) is 0.540. The Bertz CT molecular complexity index is 497. The Kier molecular flexibility index (Phi) is 6.47. The predicted octanol–water partition coefficient (Wildman–Crippen LogP) is 1.94. The molecular weight excluding hydrogens is 300 g/mol. The minimum Gasteiger partial charge on any atom is -0.461 e. The van der Waals surface area contributed by atoms with Gasteiger partial charge in [-0.15, -0.1) is 0 Å². The zero-order chi connectivity index (χ0) is 17.9. The molecule has 2 aliphatic heterocycles. The molecule has 2 rings (SSSR count). The number of hydrogen-bond donors (Lipinski definition) is 0. The van der Waals surface area contributed by atoms with E-state index in [0.29, 0.717) is 6.42 Å². The van der Waals surface area contributed by atoms with Crippen LogP contribution in [-0.2, 0) is 28.7 Å². The van der Waals surface area contributed by atoms with Gasteiger partial charge in [-0.25, -0.2) is 0 Å². The molecule has 6 heteroatoms. The number of hydrogen-bond acceptors (Lipinski definition) is 6. The van der Waals surface area contributed by atoms with Crippen molar-refractivity contribution >= 4 is 23.5 Å². The van der Waals surface area contributed by atoms with E-state index >= 15 is 0 Å². The Morgan fingerprint density at radius 1 is 0.739 bits per heavy atom. The molecule has 0 spiro atoms. The highest BCUT2D eigenvalue weighted by molar-refractivity contribution is 6.02. The largest absolute Gasteiger partial charge is 0.461 e. The first kappa shape index (κ1) is 19.3. The van der Waals surface area contributed by atoms with Gasteiger partial charge in [0.2, 0.25) is 0 Å². The maximum atomic E-state index is 11.4. The summed E-state index contributed by atoms with van der Waals surface area (Å²) in [5.41, 5.74) is 0. The Hall–Kier alpha value is -1.72. The predicted molar refractivity (Wildman–Crippen MR) is 82.4 cm³/mol. The fourth-order valence-electron chi connectivity index (χ4n) is 2.61. The standard InChI is InChI=1S/C9H14O3.C8H12O3/c1-4-7-5(2)8(10)6(3)9(11)12-7;1-4-6(3)11-8(10)5(2)7(4)9/h5-7H,4H2,1-3H3;4-6H,1-3H3/t5-,6?,7+;4-,5?,6+/m00/s1. The zero-order valence-electron chi connectivity index (χ0n) is 14.6. The zero-order valence-corrected chi connectivity index (χ0v) is 14.6. The molecule has 0 amide bonds. The second-order valence-electron chi connectivity index (χ2n) is 6.35. The fourth-order valence-corrected chi connectivity index (χ4v) is 2.61. The average molecular weight is 326 g/mol. The van der Waals surface area contributed by atoms with Crippen LogP contribution in [-0.4, -0.2) is 35.7 Å². The number of ether oxygens (including phenoxy) is 2. The lowest BCUT2D eigenvalue weighted by atomic mass is 9.87. The van der Waals surface area contributed by atoms with Crippen molar-refractivity contribution < 1.29 is 28.7 Å². The molecule has 23 heavy (non-hydrogen) atoms. The Balaban J connectivity index is 0.000000231. The van der Waals surface area contributed by atoms with Crippen LogP contribution < -0.4 is 0 Å². The van der Waals surface area contributed by atoms with E-state index in [9.17, 15) is 19.2 Å². The number of ketones is 2. The van der Waals surface area contributed by atoms with Gasteiger partial charge in [0.25, 0.3) is 0 Å². The molecule has 0 aliphatic carbocycles. The van der Waals surface area contributed by atoms with E-state index in [4.69, 9.17) is 9.47 Å². The summed E-state index contributed by atoms with van der Waals surface area (Å²) in [4.78, 5) is 44.6. The molecule has 0 radical (unpaired) electrons. The number of rotatable bonds is 1. The number of Topliss-reactive ketones (excluding diaryl/α,β-unsaturated/α-hetero) is 2. The SMILES string of the molecule is CC1C(=O)O[C@H](C)[C@H](C)C1=O.CC[C@H]1OC(=O)C(C)C(=O)[C@H]1C. The lowest BCUT2D eigenvalue weighted by Crippen LogP contribution is -2.43. The summed E-state index contributed by atoms with van der Waals surface area (Å²) in [6.45, 7) is 10.5. The third-order valence-electron chi connectivity index (χ3n) is 4.69. The molecule has 2 unspecified atom stereocenters. The van der Waals surface area contributed by atoms with Crippen LogP contribution in [0, 0.1) is 23.7 Å². The number of carbonyl (C=O) groups excluding carboxylic acids is 4. The second kappa shape index (κ2) is 7.70. The molecule has 2 heterocycles. The summed E-state index contributed by atoms with van der Waals surface area (Å²) in [5.74, 6) is -2.17. The molecule has 0 aromatic rings. The van der Waals surface area contributed by atoms with Crippen molar-refractivity contribution in [3.05, 3.63) is 0 Å². The van der Waals surface area contributed by atoms with Crippen LogP contribution in [0.25, 0.3) is 0 Å². The monoisotopic (exact) mass is 326 g/mol. The van der Waals surface area contributed by atoms with Crippen molar-refractivity contribution in [2.45, 2.75) is 60.2 Å². The van der Waals surface area contributed by atoms with Gasteiger partial charge in [0.1, 0.15) is 24.0 Å². The van der Waals surface area contributed by atoms with Crippen molar-refractivity contribution in [3.8, 4) is 0 Å². The van der Waals surface area contributed by atoms with Crippen molar-refractivity contribution in [2.24, 2.45) is 23.7 Å². The topological polar surface area (TPSA) is 86.7 Å². The van der Waals surface area contributed by atoms with Gasteiger partial charge in [-0.2, -0.15) is 0 Å². The first-order chi connectivity index (χ1) is 10.6. The summed E-state index contributed by atoms with van der Waals surface area (Å²) in [6.07, 6.45) is 0.248. The first-order valence-electron chi connectivity index (χ1n) is 8.10. The van der Waals surface area contributed by atoms with Gasteiger partial charge < -0.3 is 9.47 Å². The summed E-state index contributed by atoms with van der Waals surface area (Å²) in [7, 11) is 0. The molecule has 6 nitrogen and oxygen atoms in total. The van der Waals surface area contributed by atoms with Gasteiger partial charge in [0, 0.05) is 0 Å². The van der Waals surface area contributed by atoms with E-state index in [2.05, 4.69) is 0 Å². The summed E-state index contributed by atoms with van der Waals surface area (Å²) >= 11 is 0. The summed E-state index contributed by atoms with van der Waals surface area (Å²) < 4.78 is 9.99. The van der Waals surface area contributed by atoms with Crippen molar-refractivity contribution in [1.29, 1.82) is 0 Å². The maximum Gasteiger partial charge on any atom is 0.316 e. The first-order valence-corrected chi connectivity index (χ1v) is 8.10. The highest BCUT2D eigenvalue weighted by Gasteiger charge is 2.39. The average Bonchev–Trinajstić information content (AvgIpc) is 2.53. The van der Waals surface area contributed by atoms with Gasteiger partial charge in [0.15, 0.2) is 11.6 Å². The van der Waals surface area contributed by atoms with Gasteiger partial charge in [-0.3, -0.25) is 19.2 Å². The van der Waals surface area contributed by atoms with Crippen LogP contribution in [0.2, 0.25) is 0 Å². The lowest BCUT2D eigenvalue weighted by Gasteiger charge is -2.29. The highest BCUT2D eigenvalue weighted by atomic mass is 16.6. The summed E-state index contributed by atoms with van der Waals surface area (Å²) in [6, 6.07) is 0. The normalized spacial score (nSPS) is 37.5.